The van der Waals surface area contributed by atoms with Gasteiger partial charge in [-0.05, 0) is 44.0 Å². The van der Waals surface area contributed by atoms with E-state index in [9.17, 15) is 0 Å². The summed E-state index contributed by atoms with van der Waals surface area (Å²) in [6, 6.07) is 13.8. The number of hydrogen-bond donors (Lipinski definition) is 1. The van der Waals surface area contributed by atoms with E-state index in [4.69, 9.17) is 21.1 Å². The number of halogens is 1. The fourth-order valence-corrected chi connectivity index (χ4v) is 2.39. The van der Waals surface area contributed by atoms with Crippen LogP contribution < -0.4 is 14.9 Å². The van der Waals surface area contributed by atoms with Crippen LogP contribution in [0.1, 0.15) is 31.9 Å². The highest BCUT2D eigenvalue weighted by Crippen LogP contribution is 2.37. The molecule has 0 aromatic heterocycles. The van der Waals surface area contributed by atoms with Gasteiger partial charge in [0, 0.05) is 0 Å². The molecular formula is C19H23ClN2O2. The highest BCUT2D eigenvalue weighted by molar-refractivity contribution is 6.32. The first kappa shape index (κ1) is 18.1. The van der Waals surface area contributed by atoms with E-state index in [1.807, 2.05) is 63.2 Å². The first-order valence-corrected chi connectivity index (χ1v) is 8.40. The lowest BCUT2D eigenvalue weighted by molar-refractivity contribution is 0.224. The Bertz CT molecular complexity index is 673. The van der Waals surface area contributed by atoms with E-state index < -0.39 is 0 Å². The SMILES string of the molecule is CCOc1cc(C=NNCc2ccccc2)cc(Cl)c1OC(C)C. The Morgan fingerprint density at radius 3 is 2.62 bits per heavy atom. The van der Waals surface area contributed by atoms with E-state index in [-0.39, 0.29) is 6.10 Å². The normalized spacial score (nSPS) is 11.0. The predicted molar refractivity (Wildman–Crippen MR) is 99.3 cm³/mol. The van der Waals surface area contributed by atoms with Crippen molar-refractivity contribution in [1.29, 1.82) is 0 Å². The molecule has 5 heteroatoms. The minimum atomic E-state index is 0.0220. The molecule has 0 atom stereocenters. The molecule has 2 rings (SSSR count). The van der Waals surface area contributed by atoms with Crippen molar-refractivity contribution in [3.63, 3.8) is 0 Å². The molecule has 0 unspecified atom stereocenters. The van der Waals surface area contributed by atoms with Crippen LogP contribution in [0.15, 0.2) is 47.6 Å². The van der Waals surface area contributed by atoms with Crippen molar-refractivity contribution < 1.29 is 9.47 Å². The smallest absolute Gasteiger partial charge is 0.180 e. The van der Waals surface area contributed by atoms with Gasteiger partial charge in [0.25, 0.3) is 0 Å². The molecule has 0 amide bonds. The molecule has 128 valence electrons. The standard InChI is InChI=1S/C19H23ClN2O2/c1-4-23-18-11-16(10-17(20)19(18)24-14(2)3)13-22-21-12-15-8-6-5-7-9-15/h5-11,13-14,21H,4,12H2,1-3H3. The molecule has 1 N–H and O–H groups in total. The molecule has 0 bridgehead atoms. The van der Waals surface area contributed by atoms with Crippen LogP contribution in [0.2, 0.25) is 5.02 Å². The lowest BCUT2D eigenvalue weighted by Crippen LogP contribution is -2.08. The molecule has 0 aliphatic heterocycles. The second kappa shape index (κ2) is 9.18. The van der Waals surface area contributed by atoms with Gasteiger partial charge in [0.05, 0.1) is 30.5 Å². The largest absolute Gasteiger partial charge is 0.490 e. The van der Waals surface area contributed by atoms with Crippen molar-refractivity contribution in [3.05, 3.63) is 58.6 Å². The van der Waals surface area contributed by atoms with Crippen LogP contribution in [0.3, 0.4) is 0 Å². The third-order valence-corrected chi connectivity index (χ3v) is 3.40. The summed E-state index contributed by atoms with van der Waals surface area (Å²) in [5.41, 5.74) is 5.04. The lowest BCUT2D eigenvalue weighted by atomic mass is 10.2. The molecular weight excluding hydrogens is 324 g/mol. The molecule has 0 saturated carbocycles. The van der Waals surface area contributed by atoms with E-state index in [0.29, 0.717) is 29.7 Å². The first-order valence-electron chi connectivity index (χ1n) is 8.03. The summed E-state index contributed by atoms with van der Waals surface area (Å²) in [7, 11) is 0. The quantitative estimate of drug-likeness (QED) is 0.559. The number of nitrogens with zero attached hydrogens (tertiary/aromatic N) is 1. The summed E-state index contributed by atoms with van der Waals surface area (Å²) in [6.07, 6.45) is 1.74. The predicted octanol–water partition coefficient (Wildman–Crippen LogP) is 4.65. The number of ether oxygens (including phenoxy) is 2. The average Bonchev–Trinajstić information content (AvgIpc) is 2.56. The lowest BCUT2D eigenvalue weighted by Gasteiger charge is -2.16. The second-order valence-electron chi connectivity index (χ2n) is 5.51. The number of hydrazone groups is 1. The zero-order chi connectivity index (χ0) is 17.4. The average molecular weight is 347 g/mol. The van der Waals surface area contributed by atoms with Crippen molar-refractivity contribution in [3.8, 4) is 11.5 Å². The Hall–Kier alpha value is -2.20. The monoisotopic (exact) mass is 346 g/mol. The van der Waals surface area contributed by atoms with Crippen molar-refractivity contribution in [2.75, 3.05) is 6.61 Å². The Kier molecular flexibility index (Phi) is 6.94. The Balaban J connectivity index is 2.08. The van der Waals surface area contributed by atoms with Crippen LogP contribution in [-0.4, -0.2) is 18.9 Å². The molecule has 2 aromatic rings. The van der Waals surface area contributed by atoms with Crippen LogP contribution in [-0.2, 0) is 6.54 Å². The molecule has 0 saturated heterocycles. The number of hydrogen-bond acceptors (Lipinski definition) is 4. The van der Waals surface area contributed by atoms with Gasteiger partial charge >= 0.3 is 0 Å². The van der Waals surface area contributed by atoms with Crippen LogP contribution in [0.5, 0.6) is 11.5 Å². The third-order valence-electron chi connectivity index (χ3n) is 3.12. The van der Waals surface area contributed by atoms with Gasteiger partial charge in [0.1, 0.15) is 0 Å². The number of nitrogens with one attached hydrogen (secondary N) is 1. The summed E-state index contributed by atoms with van der Waals surface area (Å²) in [5, 5.41) is 4.75. The van der Waals surface area contributed by atoms with E-state index in [1.165, 1.54) is 5.56 Å². The van der Waals surface area contributed by atoms with Gasteiger partial charge in [-0.3, -0.25) is 0 Å². The zero-order valence-corrected chi connectivity index (χ0v) is 15.0. The van der Waals surface area contributed by atoms with Crippen LogP contribution in [0.25, 0.3) is 0 Å². The van der Waals surface area contributed by atoms with Crippen molar-refractivity contribution in [2.45, 2.75) is 33.4 Å². The van der Waals surface area contributed by atoms with E-state index >= 15 is 0 Å². The molecule has 0 fully saturated rings. The van der Waals surface area contributed by atoms with E-state index in [2.05, 4.69) is 10.5 Å². The Labute approximate surface area is 148 Å². The number of rotatable bonds is 8. The summed E-state index contributed by atoms with van der Waals surface area (Å²) in [5.74, 6) is 1.20. The fraction of sp³-hybridized carbons (Fsp3) is 0.316. The molecule has 2 aromatic carbocycles. The minimum Gasteiger partial charge on any atom is -0.490 e. The summed E-state index contributed by atoms with van der Waals surface area (Å²) in [4.78, 5) is 0. The van der Waals surface area contributed by atoms with Crippen molar-refractivity contribution in [2.24, 2.45) is 5.10 Å². The summed E-state index contributed by atoms with van der Waals surface area (Å²) < 4.78 is 11.4. The molecule has 24 heavy (non-hydrogen) atoms. The highest BCUT2D eigenvalue weighted by Gasteiger charge is 2.13. The van der Waals surface area contributed by atoms with Gasteiger partial charge in [-0.25, -0.2) is 0 Å². The Morgan fingerprint density at radius 1 is 1.21 bits per heavy atom. The molecule has 0 heterocycles. The molecule has 0 radical (unpaired) electrons. The summed E-state index contributed by atoms with van der Waals surface area (Å²) in [6.45, 7) is 7.04. The fourth-order valence-electron chi connectivity index (χ4n) is 2.13. The highest BCUT2D eigenvalue weighted by atomic mass is 35.5. The topological polar surface area (TPSA) is 42.8 Å². The van der Waals surface area contributed by atoms with Gasteiger partial charge in [-0.1, -0.05) is 41.9 Å². The molecule has 0 aliphatic rings. The van der Waals surface area contributed by atoms with Crippen LogP contribution in [0, 0.1) is 0 Å². The van der Waals surface area contributed by atoms with Crippen LogP contribution >= 0.6 is 11.6 Å². The minimum absolute atomic E-state index is 0.0220. The third kappa shape index (κ3) is 5.46. The molecule has 0 aliphatic carbocycles. The maximum Gasteiger partial charge on any atom is 0.180 e. The zero-order valence-electron chi connectivity index (χ0n) is 14.3. The van der Waals surface area contributed by atoms with Crippen molar-refractivity contribution in [1.82, 2.24) is 5.43 Å². The van der Waals surface area contributed by atoms with Crippen LogP contribution in [0.4, 0.5) is 0 Å². The van der Waals surface area contributed by atoms with Gasteiger partial charge in [0.2, 0.25) is 0 Å². The second-order valence-corrected chi connectivity index (χ2v) is 5.92. The maximum absolute atomic E-state index is 6.34. The number of benzene rings is 2. The van der Waals surface area contributed by atoms with Gasteiger partial charge < -0.3 is 14.9 Å². The Morgan fingerprint density at radius 2 is 1.96 bits per heavy atom. The van der Waals surface area contributed by atoms with E-state index in [1.54, 1.807) is 6.21 Å². The van der Waals surface area contributed by atoms with Gasteiger partial charge in [0.15, 0.2) is 11.5 Å². The molecule has 0 spiro atoms. The molecule has 4 nitrogen and oxygen atoms in total. The van der Waals surface area contributed by atoms with Gasteiger partial charge in [-0.2, -0.15) is 5.10 Å². The van der Waals surface area contributed by atoms with Gasteiger partial charge in [-0.15, -0.1) is 0 Å². The maximum atomic E-state index is 6.34. The van der Waals surface area contributed by atoms with E-state index in [0.717, 1.165) is 5.56 Å². The summed E-state index contributed by atoms with van der Waals surface area (Å²) >= 11 is 6.34. The first-order chi connectivity index (χ1) is 11.6. The van der Waals surface area contributed by atoms with Crippen molar-refractivity contribution >= 4 is 17.8 Å².